The first-order valence-electron chi connectivity index (χ1n) is 7.05. The highest BCUT2D eigenvalue weighted by Crippen LogP contribution is 2.70. The minimum atomic E-state index is -0.470. The third-order valence-corrected chi connectivity index (χ3v) is 6.13. The lowest BCUT2D eigenvalue weighted by atomic mass is 9.64. The first-order valence-corrected chi connectivity index (χ1v) is 7.05. The van der Waals surface area contributed by atoms with Crippen molar-refractivity contribution in [3.05, 3.63) is 0 Å². The number of hydrogen-bond donors (Lipinski definition) is 1. The maximum Gasteiger partial charge on any atom is 0.227 e. The van der Waals surface area contributed by atoms with Gasteiger partial charge >= 0.3 is 0 Å². The number of ketones is 1. The zero-order chi connectivity index (χ0) is 13.8. The van der Waals surface area contributed by atoms with E-state index in [1.165, 1.54) is 0 Å². The third kappa shape index (κ3) is 1.36. The fraction of sp³-hybridized carbons (Fsp3) is 0.867. The van der Waals surface area contributed by atoms with Crippen molar-refractivity contribution in [2.75, 3.05) is 0 Å². The molecule has 3 nitrogen and oxygen atoms in total. The second-order valence-corrected chi connectivity index (χ2v) is 6.92. The van der Waals surface area contributed by atoms with Crippen LogP contribution in [0.1, 0.15) is 60.3 Å². The van der Waals surface area contributed by atoms with Crippen molar-refractivity contribution >= 4 is 11.7 Å². The lowest BCUT2D eigenvalue weighted by molar-refractivity contribution is -0.137. The molecule has 0 aromatic heterocycles. The highest BCUT2D eigenvalue weighted by Gasteiger charge is 2.72. The maximum absolute atomic E-state index is 12.6. The minimum absolute atomic E-state index is 0.0939. The molecule has 102 valence electrons. The Labute approximate surface area is 110 Å². The van der Waals surface area contributed by atoms with E-state index in [-0.39, 0.29) is 28.6 Å². The SMILES string of the molecule is CC[C@@H](C)NC(=O)[C@@]12CC[C@](C)(C(=O)C1)C2(C)C. The summed E-state index contributed by atoms with van der Waals surface area (Å²) in [6.45, 7) is 10.3. The Morgan fingerprint density at radius 2 is 1.94 bits per heavy atom. The Kier molecular flexibility index (Phi) is 2.88. The number of hydrogen-bond acceptors (Lipinski definition) is 2. The Hall–Kier alpha value is -0.860. The van der Waals surface area contributed by atoms with Crippen LogP contribution in [-0.2, 0) is 9.59 Å². The molecule has 3 atom stereocenters. The molecule has 0 aromatic rings. The fourth-order valence-electron chi connectivity index (χ4n) is 3.82. The number of carbonyl (C=O) groups excluding carboxylic acids is 2. The predicted molar refractivity (Wildman–Crippen MR) is 71.1 cm³/mol. The molecule has 18 heavy (non-hydrogen) atoms. The van der Waals surface area contributed by atoms with E-state index in [9.17, 15) is 9.59 Å². The highest BCUT2D eigenvalue weighted by atomic mass is 16.2. The summed E-state index contributed by atoms with van der Waals surface area (Å²) in [6.07, 6.45) is 3.06. The van der Waals surface area contributed by atoms with E-state index in [0.29, 0.717) is 6.42 Å². The van der Waals surface area contributed by atoms with E-state index in [1.807, 2.05) is 13.8 Å². The van der Waals surface area contributed by atoms with Crippen LogP contribution in [0, 0.1) is 16.2 Å². The summed E-state index contributed by atoms with van der Waals surface area (Å²) in [5, 5.41) is 3.09. The molecule has 1 N–H and O–H groups in total. The summed E-state index contributed by atoms with van der Waals surface area (Å²) in [5.74, 6) is 0.370. The van der Waals surface area contributed by atoms with Gasteiger partial charge in [0.25, 0.3) is 0 Å². The van der Waals surface area contributed by atoms with Crippen molar-refractivity contribution in [1.29, 1.82) is 0 Å². The smallest absolute Gasteiger partial charge is 0.227 e. The van der Waals surface area contributed by atoms with Gasteiger partial charge in [-0.2, -0.15) is 0 Å². The monoisotopic (exact) mass is 251 g/mol. The first-order chi connectivity index (χ1) is 8.21. The quantitative estimate of drug-likeness (QED) is 0.838. The van der Waals surface area contributed by atoms with Gasteiger partial charge in [-0.05, 0) is 31.6 Å². The Bertz CT molecular complexity index is 401. The van der Waals surface area contributed by atoms with Crippen molar-refractivity contribution in [1.82, 2.24) is 5.32 Å². The van der Waals surface area contributed by atoms with E-state index in [4.69, 9.17) is 0 Å². The Morgan fingerprint density at radius 1 is 1.33 bits per heavy atom. The predicted octanol–water partition coefficient (Wildman–Crippen LogP) is 2.69. The number of carbonyl (C=O) groups is 2. The van der Waals surface area contributed by atoms with Crippen LogP contribution in [0.4, 0.5) is 0 Å². The highest BCUT2D eigenvalue weighted by molar-refractivity contribution is 5.99. The standard InChI is InChI=1S/C15H25NO2/c1-6-10(2)16-12(18)15-8-7-14(5,11(17)9-15)13(15,3)4/h10H,6-9H2,1-5H3,(H,16,18)/t10-,14-,15-/m1/s1. The summed E-state index contributed by atoms with van der Waals surface area (Å²) >= 11 is 0. The largest absolute Gasteiger partial charge is 0.353 e. The van der Waals surface area contributed by atoms with Crippen LogP contribution in [0.5, 0.6) is 0 Å². The number of nitrogens with one attached hydrogen (secondary N) is 1. The second-order valence-electron chi connectivity index (χ2n) is 6.92. The molecule has 2 bridgehead atoms. The van der Waals surface area contributed by atoms with Gasteiger partial charge in [0.15, 0.2) is 0 Å². The molecule has 1 amide bonds. The molecule has 0 saturated heterocycles. The summed E-state index contributed by atoms with van der Waals surface area (Å²) in [5.41, 5.74) is -1.00. The molecule has 0 aromatic carbocycles. The van der Waals surface area contributed by atoms with Gasteiger partial charge in [-0.15, -0.1) is 0 Å². The van der Waals surface area contributed by atoms with Crippen LogP contribution in [0.15, 0.2) is 0 Å². The molecule has 2 aliphatic rings. The molecular formula is C15H25NO2. The molecule has 0 heterocycles. The van der Waals surface area contributed by atoms with Gasteiger partial charge in [0, 0.05) is 17.9 Å². The number of fused-ring (bicyclic) bond motifs is 2. The second kappa shape index (κ2) is 3.82. The van der Waals surface area contributed by atoms with Gasteiger partial charge in [0.05, 0.1) is 5.41 Å². The summed E-state index contributed by atoms with van der Waals surface area (Å²) in [4.78, 5) is 24.9. The van der Waals surface area contributed by atoms with Crippen molar-refractivity contribution in [3.63, 3.8) is 0 Å². The van der Waals surface area contributed by atoms with Crippen molar-refractivity contribution in [2.24, 2.45) is 16.2 Å². The van der Waals surface area contributed by atoms with E-state index >= 15 is 0 Å². The van der Waals surface area contributed by atoms with E-state index < -0.39 is 5.41 Å². The van der Waals surface area contributed by atoms with Gasteiger partial charge in [-0.3, -0.25) is 9.59 Å². The van der Waals surface area contributed by atoms with Crippen LogP contribution >= 0.6 is 0 Å². The summed E-state index contributed by atoms with van der Waals surface area (Å²) < 4.78 is 0. The molecule has 0 spiro atoms. The lowest BCUT2D eigenvalue weighted by Gasteiger charge is -2.39. The van der Waals surface area contributed by atoms with E-state index in [0.717, 1.165) is 19.3 Å². The average Bonchev–Trinajstić information content (AvgIpc) is 2.59. The normalized spacial score (nSPS) is 38.8. The van der Waals surface area contributed by atoms with Gasteiger partial charge in [-0.1, -0.05) is 27.7 Å². The third-order valence-electron chi connectivity index (χ3n) is 6.13. The Morgan fingerprint density at radius 3 is 2.33 bits per heavy atom. The molecule has 0 radical (unpaired) electrons. The zero-order valence-corrected chi connectivity index (χ0v) is 12.2. The molecule has 0 unspecified atom stereocenters. The van der Waals surface area contributed by atoms with Crippen LogP contribution in [-0.4, -0.2) is 17.7 Å². The topological polar surface area (TPSA) is 46.2 Å². The van der Waals surface area contributed by atoms with Gasteiger partial charge in [0.1, 0.15) is 5.78 Å². The van der Waals surface area contributed by atoms with Crippen molar-refractivity contribution < 1.29 is 9.59 Å². The number of rotatable bonds is 3. The fourth-order valence-corrected chi connectivity index (χ4v) is 3.82. The van der Waals surface area contributed by atoms with Crippen LogP contribution in [0.3, 0.4) is 0 Å². The molecular weight excluding hydrogens is 226 g/mol. The van der Waals surface area contributed by atoms with Gasteiger partial charge in [-0.25, -0.2) is 0 Å². The molecule has 2 saturated carbocycles. The number of Topliss-reactive ketones (excluding diaryl/α,β-unsaturated/α-hetero) is 1. The van der Waals surface area contributed by atoms with E-state index in [2.05, 4.69) is 26.1 Å². The maximum atomic E-state index is 12.6. The van der Waals surface area contributed by atoms with Crippen molar-refractivity contribution in [3.8, 4) is 0 Å². The van der Waals surface area contributed by atoms with Crippen molar-refractivity contribution in [2.45, 2.75) is 66.3 Å². The first kappa shape index (κ1) is 13.6. The van der Waals surface area contributed by atoms with E-state index in [1.54, 1.807) is 0 Å². The van der Waals surface area contributed by atoms with Crippen LogP contribution < -0.4 is 5.32 Å². The zero-order valence-electron chi connectivity index (χ0n) is 12.2. The van der Waals surface area contributed by atoms with Gasteiger partial charge in [0.2, 0.25) is 5.91 Å². The molecule has 2 fully saturated rings. The van der Waals surface area contributed by atoms with Crippen LogP contribution in [0.2, 0.25) is 0 Å². The molecule has 2 aliphatic carbocycles. The lowest BCUT2D eigenvalue weighted by Crippen LogP contribution is -2.49. The summed E-state index contributed by atoms with van der Waals surface area (Å²) in [6, 6.07) is 0.185. The Balaban J connectivity index is 2.33. The minimum Gasteiger partial charge on any atom is -0.353 e. The number of amides is 1. The molecule has 2 rings (SSSR count). The van der Waals surface area contributed by atoms with Crippen LogP contribution in [0.25, 0.3) is 0 Å². The molecule has 3 heteroatoms. The molecule has 0 aliphatic heterocycles. The van der Waals surface area contributed by atoms with Gasteiger partial charge < -0.3 is 5.32 Å². The average molecular weight is 251 g/mol. The summed E-state index contributed by atoms with van der Waals surface area (Å²) in [7, 11) is 0.